The Morgan fingerprint density at radius 1 is 1.31 bits per heavy atom. The van der Waals surface area contributed by atoms with E-state index in [1.807, 2.05) is 0 Å². The van der Waals surface area contributed by atoms with Crippen LogP contribution in [-0.2, 0) is 11.2 Å². The number of carbonyl (C=O) groups excluding carboxylic acids is 1. The molecule has 2 aliphatic carbocycles. The van der Waals surface area contributed by atoms with Crippen molar-refractivity contribution >= 4 is 17.7 Å². The SMILES string of the molecule is CN(C(=O)CSc1n[nH]c(CCC2CCCC2)n1)C1(C#N)CCCCC1. The highest BCUT2D eigenvalue weighted by Crippen LogP contribution is 2.33. The fourth-order valence-electron chi connectivity index (χ4n) is 4.21. The average Bonchev–Trinajstić information content (AvgIpc) is 3.36. The normalized spacial score (nSPS) is 20.0. The molecule has 0 aliphatic heterocycles. The quantitative estimate of drug-likeness (QED) is 0.734. The molecule has 0 bridgehead atoms. The van der Waals surface area contributed by atoms with Crippen molar-refractivity contribution in [1.29, 1.82) is 5.26 Å². The molecule has 0 spiro atoms. The smallest absolute Gasteiger partial charge is 0.234 e. The van der Waals surface area contributed by atoms with Gasteiger partial charge >= 0.3 is 0 Å². The maximum Gasteiger partial charge on any atom is 0.234 e. The van der Waals surface area contributed by atoms with Gasteiger partial charge in [0.1, 0.15) is 11.4 Å². The molecule has 3 rings (SSSR count). The van der Waals surface area contributed by atoms with Crippen LogP contribution in [0.25, 0.3) is 0 Å². The predicted molar refractivity (Wildman–Crippen MR) is 102 cm³/mol. The molecule has 7 heteroatoms. The van der Waals surface area contributed by atoms with Crippen LogP contribution in [0.4, 0.5) is 0 Å². The van der Waals surface area contributed by atoms with Crippen molar-refractivity contribution in [2.24, 2.45) is 5.92 Å². The van der Waals surface area contributed by atoms with E-state index in [0.29, 0.717) is 5.16 Å². The first-order valence-electron chi connectivity index (χ1n) is 9.85. The average molecular weight is 376 g/mol. The number of amides is 1. The van der Waals surface area contributed by atoms with Gasteiger partial charge < -0.3 is 4.90 Å². The lowest BCUT2D eigenvalue weighted by atomic mass is 9.81. The molecule has 1 N–H and O–H groups in total. The van der Waals surface area contributed by atoms with Gasteiger partial charge in [0.2, 0.25) is 11.1 Å². The van der Waals surface area contributed by atoms with Crippen LogP contribution in [0.3, 0.4) is 0 Å². The number of H-pyrrole nitrogens is 1. The van der Waals surface area contributed by atoms with Gasteiger partial charge in [-0.25, -0.2) is 4.98 Å². The van der Waals surface area contributed by atoms with E-state index >= 15 is 0 Å². The summed E-state index contributed by atoms with van der Waals surface area (Å²) in [5.41, 5.74) is -0.624. The monoisotopic (exact) mass is 375 g/mol. The fourth-order valence-corrected chi connectivity index (χ4v) is 4.95. The van der Waals surface area contributed by atoms with E-state index in [2.05, 4.69) is 21.3 Å². The summed E-state index contributed by atoms with van der Waals surface area (Å²) in [6.07, 6.45) is 12.3. The van der Waals surface area contributed by atoms with Gasteiger partial charge in [-0.1, -0.05) is 56.7 Å². The molecule has 1 aromatic rings. The number of nitrogens with one attached hydrogen (secondary N) is 1. The number of hydrogen-bond donors (Lipinski definition) is 1. The van der Waals surface area contributed by atoms with E-state index in [-0.39, 0.29) is 11.7 Å². The summed E-state index contributed by atoms with van der Waals surface area (Å²) in [5, 5.41) is 17.5. The van der Waals surface area contributed by atoms with Gasteiger partial charge in [0, 0.05) is 13.5 Å². The molecule has 6 nitrogen and oxygen atoms in total. The number of nitriles is 1. The molecule has 0 atom stereocenters. The topological polar surface area (TPSA) is 85.7 Å². The summed E-state index contributed by atoms with van der Waals surface area (Å²) in [6, 6.07) is 2.40. The van der Waals surface area contributed by atoms with Gasteiger partial charge in [-0.05, 0) is 25.2 Å². The van der Waals surface area contributed by atoms with Crippen molar-refractivity contribution in [1.82, 2.24) is 20.1 Å². The largest absolute Gasteiger partial charge is 0.326 e. The zero-order valence-corrected chi connectivity index (χ0v) is 16.5. The van der Waals surface area contributed by atoms with E-state index in [1.54, 1.807) is 11.9 Å². The molecule has 2 aliphatic rings. The van der Waals surface area contributed by atoms with Crippen molar-refractivity contribution < 1.29 is 4.79 Å². The Morgan fingerprint density at radius 2 is 2.04 bits per heavy atom. The van der Waals surface area contributed by atoms with Crippen LogP contribution in [0.5, 0.6) is 0 Å². The lowest BCUT2D eigenvalue weighted by Gasteiger charge is -2.38. The van der Waals surface area contributed by atoms with Crippen molar-refractivity contribution in [3.05, 3.63) is 5.82 Å². The Labute approximate surface area is 160 Å². The number of aryl methyl sites for hydroxylation is 1. The van der Waals surface area contributed by atoms with Crippen LogP contribution in [0, 0.1) is 17.2 Å². The van der Waals surface area contributed by atoms with E-state index in [9.17, 15) is 10.1 Å². The summed E-state index contributed by atoms with van der Waals surface area (Å²) in [5.74, 6) is 2.01. The number of hydrogen-bond acceptors (Lipinski definition) is 5. The number of nitrogens with zero attached hydrogens (tertiary/aromatic N) is 4. The lowest BCUT2D eigenvalue weighted by molar-refractivity contribution is -0.131. The second-order valence-corrected chi connectivity index (χ2v) is 8.64. The molecule has 1 heterocycles. The lowest BCUT2D eigenvalue weighted by Crippen LogP contribution is -2.50. The van der Waals surface area contributed by atoms with Crippen LogP contribution in [0.15, 0.2) is 5.16 Å². The Morgan fingerprint density at radius 3 is 2.73 bits per heavy atom. The Kier molecular flexibility index (Phi) is 6.58. The maximum atomic E-state index is 12.6. The molecule has 0 aromatic carbocycles. The molecule has 0 radical (unpaired) electrons. The minimum Gasteiger partial charge on any atom is -0.326 e. The highest BCUT2D eigenvalue weighted by molar-refractivity contribution is 7.99. The van der Waals surface area contributed by atoms with Crippen molar-refractivity contribution in [2.75, 3.05) is 12.8 Å². The molecule has 1 aromatic heterocycles. The summed E-state index contributed by atoms with van der Waals surface area (Å²) in [6.45, 7) is 0. The third kappa shape index (κ3) is 4.59. The maximum absolute atomic E-state index is 12.6. The zero-order chi connectivity index (χ0) is 18.4. The number of rotatable bonds is 7. The fraction of sp³-hybridized carbons (Fsp3) is 0.789. The molecule has 2 fully saturated rings. The summed E-state index contributed by atoms with van der Waals surface area (Å²) in [7, 11) is 1.77. The predicted octanol–water partition coefficient (Wildman–Crippen LogP) is 3.70. The first kappa shape index (κ1) is 19.2. The van der Waals surface area contributed by atoms with Gasteiger partial charge in [-0.3, -0.25) is 9.89 Å². The molecular formula is C19H29N5OS. The first-order valence-corrected chi connectivity index (χ1v) is 10.8. The highest BCUT2D eigenvalue weighted by Gasteiger charge is 2.38. The van der Waals surface area contributed by atoms with E-state index in [4.69, 9.17) is 0 Å². The molecule has 26 heavy (non-hydrogen) atoms. The number of thioether (sulfide) groups is 1. The molecule has 0 saturated heterocycles. The van der Waals surface area contributed by atoms with E-state index < -0.39 is 5.54 Å². The van der Waals surface area contributed by atoms with Crippen molar-refractivity contribution in [3.63, 3.8) is 0 Å². The summed E-state index contributed by atoms with van der Waals surface area (Å²) >= 11 is 1.35. The molecule has 142 valence electrons. The molecule has 0 unspecified atom stereocenters. The minimum atomic E-state index is -0.624. The van der Waals surface area contributed by atoms with Crippen LogP contribution in [0.2, 0.25) is 0 Å². The molecular weight excluding hydrogens is 346 g/mol. The number of aromatic nitrogens is 3. The van der Waals surface area contributed by atoms with Crippen LogP contribution < -0.4 is 0 Å². The Hall–Kier alpha value is -1.55. The van der Waals surface area contributed by atoms with E-state index in [0.717, 1.165) is 50.3 Å². The van der Waals surface area contributed by atoms with Crippen LogP contribution in [0.1, 0.15) is 70.0 Å². The summed E-state index contributed by atoms with van der Waals surface area (Å²) < 4.78 is 0. The number of carbonyl (C=O) groups is 1. The Balaban J connectivity index is 1.47. The van der Waals surface area contributed by atoms with Gasteiger partial charge in [-0.15, -0.1) is 5.10 Å². The van der Waals surface area contributed by atoms with Gasteiger partial charge in [0.25, 0.3) is 0 Å². The van der Waals surface area contributed by atoms with Gasteiger partial charge in [-0.2, -0.15) is 5.26 Å². The van der Waals surface area contributed by atoms with Gasteiger partial charge in [0.15, 0.2) is 0 Å². The second-order valence-electron chi connectivity index (χ2n) is 7.70. The second kappa shape index (κ2) is 8.90. The zero-order valence-electron chi connectivity index (χ0n) is 15.7. The molecule has 2 saturated carbocycles. The third-order valence-electron chi connectivity index (χ3n) is 6.01. The third-order valence-corrected chi connectivity index (χ3v) is 6.84. The van der Waals surface area contributed by atoms with Crippen molar-refractivity contribution in [2.45, 2.75) is 81.3 Å². The van der Waals surface area contributed by atoms with Crippen molar-refractivity contribution in [3.8, 4) is 6.07 Å². The minimum absolute atomic E-state index is 0.0178. The first-order chi connectivity index (χ1) is 12.6. The summed E-state index contributed by atoms with van der Waals surface area (Å²) in [4.78, 5) is 18.7. The van der Waals surface area contributed by atoms with E-state index in [1.165, 1.54) is 43.9 Å². The number of aromatic amines is 1. The van der Waals surface area contributed by atoms with Crippen LogP contribution >= 0.6 is 11.8 Å². The standard InChI is InChI=1S/C19H29N5OS/c1-24(19(14-20)11-5-2-6-12-19)17(25)13-26-18-21-16(22-23-18)10-9-15-7-3-4-8-15/h15H,2-13H2,1H3,(H,21,22,23). The highest BCUT2D eigenvalue weighted by atomic mass is 32.2. The molecule has 1 amide bonds. The Bertz CT molecular complexity index is 641. The van der Waals surface area contributed by atoms with Crippen LogP contribution in [-0.4, -0.2) is 44.3 Å². The van der Waals surface area contributed by atoms with Gasteiger partial charge in [0.05, 0.1) is 11.8 Å².